The van der Waals surface area contributed by atoms with E-state index in [0.29, 0.717) is 11.7 Å². The Kier molecular flexibility index (Phi) is 4.34. The van der Waals surface area contributed by atoms with Crippen molar-refractivity contribution >= 4 is 17.3 Å². The zero-order chi connectivity index (χ0) is 14.6. The molecule has 0 radical (unpaired) electrons. The predicted octanol–water partition coefficient (Wildman–Crippen LogP) is 4.25. The SMILES string of the molecule is FC(F)(F)Oc1ccc(CNc2ccc(Cl)nc2)cc1. The van der Waals surface area contributed by atoms with Gasteiger partial charge in [0.15, 0.2) is 0 Å². The second kappa shape index (κ2) is 6.00. The molecule has 3 nitrogen and oxygen atoms in total. The van der Waals surface area contributed by atoms with Crippen molar-refractivity contribution in [2.24, 2.45) is 0 Å². The molecule has 0 fully saturated rings. The van der Waals surface area contributed by atoms with Gasteiger partial charge in [0.05, 0.1) is 11.9 Å². The maximum Gasteiger partial charge on any atom is 0.573 e. The molecular formula is C13H10ClF3N2O. The van der Waals surface area contributed by atoms with E-state index in [-0.39, 0.29) is 5.75 Å². The summed E-state index contributed by atoms with van der Waals surface area (Å²) in [6, 6.07) is 9.05. The lowest BCUT2D eigenvalue weighted by molar-refractivity contribution is -0.274. The van der Waals surface area contributed by atoms with E-state index in [4.69, 9.17) is 11.6 Å². The Morgan fingerprint density at radius 1 is 1.10 bits per heavy atom. The molecule has 0 aliphatic heterocycles. The first-order chi connectivity index (χ1) is 9.42. The third kappa shape index (κ3) is 4.62. The molecule has 0 spiro atoms. The van der Waals surface area contributed by atoms with Crippen molar-refractivity contribution in [3.05, 3.63) is 53.3 Å². The quantitative estimate of drug-likeness (QED) is 0.858. The number of nitrogens with one attached hydrogen (secondary N) is 1. The normalized spacial score (nSPS) is 11.2. The number of alkyl halides is 3. The minimum atomic E-state index is -4.67. The molecule has 1 aromatic carbocycles. The Morgan fingerprint density at radius 3 is 2.35 bits per heavy atom. The molecule has 0 unspecified atom stereocenters. The summed E-state index contributed by atoms with van der Waals surface area (Å²) in [5, 5.41) is 3.46. The Morgan fingerprint density at radius 2 is 1.80 bits per heavy atom. The van der Waals surface area contributed by atoms with Gasteiger partial charge >= 0.3 is 6.36 Å². The average molecular weight is 303 g/mol. The van der Waals surface area contributed by atoms with Crippen LogP contribution in [0, 0.1) is 0 Å². The molecule has 1 heterocycles. The van der Waals surface area contributed by atoms with E-state index < -0.39 is 6.36 Å². The number of pyridine rings is 1. The maximum atomic E-state index is 12.0. The van der Waals surface area contributed by atoms with E-state index >= 15 is 0 Å². The van der Waals surface area contributed by atoms with Crippen molar-refractivity contribution in [2.45, 2.75) is 12.9 Å². The summed E-state index contributed by atoms with van der Waals surface area (Å²) in [5.41, 5.74) is 1.58. The summed E-state index contributed by atoms with van der Waals surface area (Å²) in [6.45, 7) is 0.454. The summed E-state index contributed by atoms with van der Waals surface area (Å²) in [4.78, 5) is 3.90. The molecule has 2 aromatic rings. The van der Waals surface area contributed by atoms with Gasteiger partial charge in [0.2, 0.25) is 0 Å². The number of nitrogens with zero attached hydrogens (tertiary/aromatic N) is 1. The molecular weight excluding hydrogens is 293 g/mol. The Bertz CT molecular complexity index is 555. The van der Waals surface area contributed by atoms with Crippen molar-refractivity contribution in [1.29, 1.82) is 0 Å². The number of aromatic nitrogens is 1. The Balaban J connectivity index is 1.92. The molecule has 1 aromatic heterocycles. The van der Waals surface area contributed by atoms with Crippen LogP contribution < -0.4 is 10.1 Å². The molecule has 106 valence electrons. The van der Waals surface area contributed by atoms with Crippen LogP contribution in [-0.4, -0.2) is 11.3 Å². The maximum absolute atomic E-state index is 12.0. The second-order valence-corrected chi connectivity index (χ2v) is 4.30. The minimum Gasteiger partial charge on any atom is -0.406 e. The molecule has 1 N–H and O–H groups in total. The highest BCUT2D eigenvalue weighted by Gasteiger charge is 2.30. The van der Waals surface area contributed by atoms with Gasteiger partial charge in [-0.05, 0) is 29.8 Å². The third-order valence-electron chi connectivity index (χ3n) is 2.38. The molecule has 20 heavy (non-hydrogen) atoms. The minimum absolute atomic E-state index is 0.241. The van der Waals surface area contributed by atoms with Gasteiger partial charge in [0.25, 0.3) is 0 Å². The van der Waals surface area contributed by atoms with Gasteiger partial charge in [0, 0.05) is 6.54 Å². The van der Waals surface area contributed by atoms with Crippen molar-refractivity contribution in [3.8, 4) is 5.75 Å². The van der Waals surface area contributed by atoms with Crippen molar-refractivity contribution in [3.63, 3.8) is 0 Å². The van der Waals surface area contributed by atoms with Gasteiger partial charge in [-0.1, -0.05) is 23.7 Å². The highest BCUT2D eigenvalue weighted by Crippen LogP contribution is 2.23. The Labute approximate surface area is 118 Å². The number of rotatable bonds is 4. The number of ether oxygens (including phenoxy) is 1. The highest BCUT2D eigenvalue weighted by molar-refractivity contribution is 6.29. The topological polar surface area (TPSA) is 34.1 Å². The number of anilines is 1. The molecule has 0 saturated heterocycles. The van der Waals surface area contributed by atoms with Crippen LogP contribution in [0.25, 0.3) is 0 Å². The largest absolute Gasteiger partial charge is 0.573 e. The standard InChI is InChI=1S/C13H10ClF3N2O/c14-12-6-3-10(8-19-12)18-7-9-1-4-11(5-2-9)20-13(15,16)17/h1-6,8,18H,7H2. The first-order valence-electron chi connectivity index (χ1n) is 5.62. The van der Waals surface area contributed by atoms with E-state index in [1.165, 1.54) is 12.1 Å². The lowest BCUT2D eigenvalue weighted by Crippen LogP contribution is -2.17. The summed E-state index contributed by atoms with van der Waals surface area (Å²) in [5.74, 6) is -0.241. The first kappa shape index (κ1) is 14.5. The van der Waals surface area contributed by atoms with E-state index in [9.17, 15) is 13.2 Å². The van der Waals surface area contributed by atoms with Gasteiger partial charge in [-0.15, -0.1) is 13.2 Å². The smallest absolute Gasteiger partial charge is 0.406 e. The van der Waals surface area contributed by atoms with Crippen molar-refractivity contribution in [1.82, 2.24) is 4.98 Å². The molecule has 2 rings (SSSR count). The van der Waals surface area contributed by atoms with Crippen LogP contribution in [0.15, 0.2) is 42.6 Å². The Hall–Kier alpha value is -1.95. The molecule has 0 saturated carbocycles. The van der Waals surface area contributed by atoms with Crippen LogP contribution in [0.4, 0.5) is 18.9 Å². The third-order valence-corrected chi connectivity index (χ3v) is 2.60. The summed E-state index contributed by atoms with van der Waals surface area (Å²) >= 11 is 5.65. The lowest BCUT2D eigenvalue weighted by atomic mass is 10.2. The van der Waals surface area contributed by atoms with Gasteiger partial charge in [-0.2, -0.15) is 0 Å². The van der Waals surface area contributed by atoms with Crippen molar-refractivity contribution < 1.29 is 17.9 Å². The second-order valence-electron chi connectivity index (χ2n) is 3.91. The van der Waals surface area contributed by atoms with Crippen LogP contribution in [0.2, 0.25) is 5.15 Å². The molecule has 0 aliphatic rings. The van der Waals surface area contributed by atoms with Crippen LogP contribution in [0.1, 0.15) is 5.56 Å². The highest BCUT2D eigenvalue weighted by atomic mass is 35.5. The van der Waals surface area contributed by atoms with Crippen LogP contribution in [-0.2, 0) is 6.54 Å². The van der Waals surface area contributed by atoms with E-state index in [2.05, 4.69) is 15.0 Å². The van der Waals surface area contributed by atoms with Crippen molar-refractivity contribution in [2.75, 3.05) is 5.32 Å². The molecule has 0 aliphatic carbocycles. The van der Waals surface area contributed by atoms with Gasteiger partial charge in [0.1, 0.15) is 10.9 Å². The fourth-order valence-corrected chi connectivity index (χ4v) is 1.61. The summed E-state index contributed by atoms with van der Waals surface area (Å²) in [7, 11) is 0. The summed E-state index contributed by atoms with van der Waals surface area (Å²) in [6.07, 6.45) is -3.10. The van der Waals surface area contributed by atoms with Gasteiger partial charge < -0.3 is 10.1 Å². The van der Waals surface area contributed by atoms with E-state index in [1.54, 1.807) is 30.5 Å². The molecule has 0 atom stereocenters. The zero-order valence-corrected chi connectivity index (χ0v) is 10.9. The fraction of sp³-hybridized carbons (Fsp3) is 0.154. The number of halogens is 4. The zero-order valence-electron chi connectivity index (χ0n) is 10.1. The average Bonchev–Trinajstić information content (AvgIpc) is 2.38. The lowest BCUT2D eigenvalue weighted by Gasteiger charge is -2.10. The van der Waals surface area contributed by atoms with Crippen LogP contribution in [0.3, 0.4) is 0 Å². The molecule has 0 amide bonds. The number of hydrogen-bond acceptors (Lipinski definition) is 3. The summed E-state index contributed by atoms with van der Waals surface area (Å²) < 4.78 is 39.8. The van der Waals surface area contributed by atoms with Crippen LogP contribution >= 0.6 is 11.6 Å². The van der Waals surface area contributed by atoms with E-state index in [1.807, 2.05) is 0 Å². The van der Waals surface area contributed by atoms with Gasteiger partial charge in [-0.25, -0.2) is 4.98 Å². The predicted molar refractivity (Wildman–Crippen MR) is 69.7 cm³/mol. The van der Waals surface area contributed by atoms with E-state index in [0.717, 1.165) is 11.3 Å². The first-order valence-corrected chi connectivity index (χ1v) is 6.00. The number of benzene rings is 1. The van der Waals surface area contributed by atoms with Gasteiger partial charge in [-0.3, -0.25) is 0 Å². The molecule has 7 heteroatoms. The monoisotopic (exact) mass is 302 g/mol. The fourth-order valence-electron chi connectivity index (χ4n) is 1.49. The van der Waals surface area contributed by atoms with Crippen LogP contribution in [0.5, 0.6) is 5.75 Å². The number of hydrogen-bond donors (Lipinski definition) is 1. The molecule has 0 bridgehead atoms.